The zero-order chi connectivity index (χ0) is 20.2. The van der Waals surface area contributed by atoms with Crippen molar-refractivity contribution in [2.45, 2.75) is 38.1 Å². The van der Waals surface area contributed by atoms with Crippen LogP contribution in [0.25, 0.3) is 11.3 Å². The summed E-state index contributed by atoms with van der Waals surface area (Å²) in [6, 6.07) is 7.94. The van der Waals surface area contributed by atoms with Crippen LogP contribution in [0, 0.1) is 5.92 Å². The van der Waals surface area contributed by atoms with E-state index in [0.717, 1.165) is 12.1 Å². The molecule has 1 aromatic carbocycles. The molecule has 2 saturated heterocycles. The Kier molecular flexibility index (Phi) is 6.04. The normalized spacial score (nSPS) is 22.0. The number of aromatic amines is 1. The quantitative estimate of drug-likeness (QED) is 0.782. The zero-order valence-corrected chi connectivity index (χ0v) is 17.2. The van der Waals surface area contributed by atoms with Gasteiger partial charge in [-0.3, -0.25) is 9.89 Å². The number of piperidine rings is 2. The predicted molar refractivity (Wildman–Crippen MR) is 111 cm³/mol. The summed E-state index contributed by atoms with van der Waals surface area (Å²) < 4.78 is 10.7. The third kappa shape index (κ3) is 4.24. The largest absolute Gasteiger partial charge is 0.497 e. The summed E-state index contributed by atoms with van der Waals surface area (Å²) in [5, 5.41) is 10.3. The first-order valence-corrected chi connectivity index (χ1v) is 10.5. The van der Waals surface area contributed by atoms with Gasteiger partial charge in [-0.2, -0.15) is 5.10 Å². The Balaban J connectivity index is 1.41. The number of H-pyrrole nitrogens is 1. The Morgan fingerprint density at radius 1 is 1.17 bits per heavy atom. The first kappa shape index (κ1) is 19.8. The average Bonchev–Trinajstić information content (AvgIpc) is 3.27. The molecule has 2 N–H and O–H groups in total. The van der Waals surface area contributed by atoms with Crippen molar-refractivity contribution in [1.29, 1.82) is 0 Å². The van der Waals surface area contributed by atoms with Gasteiger partial charge in [-0.25, -0.2) is 0 Å². The summed E-state index contributed by atoms with van der Waals surface area (Å²) in [4.78, 5) is 15.3. The fraction of sp³-hybridized carbons (Fsp3) is 0.545. The van der Waals surface area contributed by atoms with Gasteiger partial charge < -0.3 is 19.7 Å². The van der Waals surface area contributed by atoms with Gasteiger partial charge in [0.1, 0.15) is 17.2 Å². The highest BCUT2D eigenvalue weighted by atomic mass is 16.5. The molecule has 3 heterocycles. The van der Waals surface area contributed by atoms with Crippen LogP contribution < -0.4 is 14.8 Å². The number of rotatable bonds is 6. The fourth-order valence-corrected chi connectivity index (χ4v) is 4.72. The molecule has 2 fully saturated rings. The van der Waals surface area contributed by atoms with Crippen molar-refractivity contribution in [3.05, 3.63) is 30.0 Å². The van der Waals surface area contributed by atoms with Crippen LogP contribution in [-0.4, -0.2) is 60.9 Å². The van der Waals surface area contributed by atoms with E-state index < -0.39 is 0 Å². The number of fused-ring (bicyclic) bond motifs is 1. The van der Waals surface area contributed by atoms with E-state index in [0.29, 0.717) is 34.8 Å². The molecule has 0 spiro atoms. The number of nitrogens with zero attached hydrogens (tertiary/aromatic N) is 2. The number of methoxy groups -OCH3 is 2. The Morgan fingerprint density at radius 3 is 2.86 bits per heavy atom. The number of hydrogen-bond acceptors (Lipinski definition) is 5. The van der Waals surface area contributed by atoms with Crippen molar-refractivity contribution in [2.24, 2.45) is 5.92 Å². The van der Waals surface area contributed by atoms with E-state index in [9.17, 15) is 4.79 Å². The molecule has 2 aliphatic rings. The van der Waals surface area contributed by atoms with Crippen LogP contribution in [0.2, 0.25) is 0 Å². The molecule has 0 aliphatic carbocycles. The molecule has 29 heavy (non-hydrogen) atoms. The topological polar surface area (TPSA) is 79.5 Å². The minimum atomic E-state index is -0.107. The van der Waals surface area contributed by atoms with E-state index in [1.54, 1.807) is 20.3 Å². The lowest BCUT2D eigenvalue weighted by Gasteiger charge is -2.44. The number of hydrogen-bond donors (Lipinski definition) is 2. The monoisotopic (exact) mass is 398 g/mol. The molecule has 1 aromatic heterocycles. The maximum absolute atomic E-state index is 12.7. The standard InChI is InChI=1S/C22H30N4O3/c1-28-16-8-9-17(21(12-16)29-2)18-13-19(25-24-18)22(27)23-14-15-6-5-11-26-10-4-3-7-20(15)26/h8-9,12-13,15,20H,3-7,10-11,14H2,1-2H3,(H,23,27)(H,24,25)/t15-,20-/m0/s1. The second-order valence-electron chi connectivity index (χ2n) is 7.94. The van der Waals surface area contributed by atoms with Crippen LogP contribution in [0.5, 0.6) is 11.5 Å². The smallest absolute Gasteiger partial charge is 0.269 e. The third-order valence-electron chi connectivity index (χ3n) is 6.26. The fourth-order valence-electron chi connectivity index (χ4n) is 4.72. The van der Waals surface area contributed by atoms with Crippen molar-refractivity contribution in [3.8, 4) is 22.8 Å². The molecule has 7 nitrogen and oxygen atoms in total. The molecular formula is C22H30N4O3. The van der Waals surface area contributed by atoms with Crippen LogP contribution in [0.15, 0.2) is 24.3 Å². The van der Waals surface area contributed by atoms with Crippen LogP contribution in [0.1, 0.15) is 42.6 Å². The number of amides is 1. The van der Waals surface area contributed by atoms with Gasteiger partial charge in [-0.05, 0) is 62.9 Å². The van der Waals surface area contributed by atoms with E-state index in [2.05, 4.69) is 20.4 Å². The average molecular weight is 399 g/mol. The molecule has 0 bridgehead atoms. The molecule has 0 unspecified atom stereocenters. The molecule has 0 radical (unpaired) electrons. The van der Waals surface area contributed by atoms with Gasteiger partial charge in [0.15, 0.2) is 0 Å². The van der Waals surface area contributed by atoms with E-state index in [1.807, 2.05) is 18.2 Å². The van der Waals surface area contributed by atoms with Crippen LogP contribution in [-0.2, 0) is 0 Å². The minimum Gasteiger partial charge on any atom is -0.497 e. The van der Waals surface area contributed by atoms with E-state index >= 15 is 0 Å². The second-order valence-corrected chi connectivity index (χ2v) is 7.94. The highest BCUT2D eigenvalue weighted by molar-refractivity contribution is 5.93. The summed E-state index contributed by atoms with van der Waals surface area (Å²) in [6.07, 6.45) is 6.29. The van der Waals surface area contributed by atoms with Gasteiger partial charge in [0.05, 0.1) is 19.9 Å². The maximum Gasteiger partial charge on any atom is 0.269 e. The van der Waals surface area contributed by atoms with Gasteiger partial charge in [0.25, 0.3) is 5.91 Å². The Hall–Kier alpha value is -2.54. The molecule has 2 aliphatic heterocycles. The lowest BCUT2D eigenvalue weighted by atomic mass is 9.83. The molecule has 2 aromatic rings. The van der Waals surface area contributed by atoms with Gasteiger partial charge in [0, 0.05) is 24.2 Å². The molecule has 7 heteroatoms. The van der Waals surface area contributed by atoms with Crippen LogP contribution in [0.4, 0.5) is 0 Å². The molecule has 4 rings (SSSR count). The van der Waals surface area contributed by atoms with Crippen molar-refractivity contribution in [3.63, 3.8) is 0 Å². The zero-order valence-electron chi connectivity index (χ0n) is 17.2. The first-order valence-electron chi connectivity index (χ1n) is 10.5. The van der Waals surface area contributed by atoms with Gasteiger partial charge >= 0.3 is 0 Å². The molecule has 2 atom stereocenters. The summed E-state index contributed by atoms with van der Waals surface area (Å²) in [5.74, 6) is 1.80. The lowest BCUT2D eigenvalue weighted by Crippen LogP contribution is -2.51. The summed E-state index contributed by atoms with van der Waals surface area (Å²) in [7, 11) is 3.22. The number of benzene rings is 1. The third-order valence-corrected chi connectivity index (χ3v) is 6.26. The maximum atomic E-state index is 12.7. The van der Waals surface area contributed by atoms with Crippen molar-refractivity contribution in [2.75, 3.05) is 33.9 Å². The molecule has 156 valence electrons. The highest BCUT2D eigenvalue weighted by Gasteiger charge is 2.33. The number of ether oxygens (including phenoxy) is 2. The number of nitrogens with one attached hydrogen (secondary N) is 2. The van der Waals surface area contributed by atoms with Gasteiger partial charge in [-0.1, -0.05) is 6.42 Å². The van der Waals surface area contributed by atoms with Gasteiger partial charge in [-0.15, -0.1) is 0 Å². The Bertz CT molecular complexity index is 848. The molecule has 1 amide bonds. The van der Waals surface area contributed by atoms with Crippen LogP contribution >= 0.6 is 0 Å². The van der Waals surface area contributed by atoms with Crippen molar-refractivity contribution >= 4 is 5.91 Å². The van der Waals surface area contributed by atoms with Crippen LogP contribution in [0.3, 0.4) is 0 Å². The minimum absolute atomic E-state index is 0.107. The molecule has 0 saturated carbocycles. The lowest BCUT2D eigenvalue weighted by molar-refractivity contribution is 0.0575. The summed E-state index contributed by atoms with van der Waals surface area (Å²) >= 11 is 0. The summed E-state index contributed by atoms with van der Waals surface area (Å²) in [6.45, 7) is 3.14. The Morgan fingerprint density at radius 2 is 2.03 bits per heavy atom. The van der Waals surface area contributed by atoms with Crippen molar-refractivity contribution < 1.29 is 14.3 Å². The van der Waals surface area contributed by atoms with E-state index in [4.69, 9.17) is 9.47 Å². The predicted octanol–water partition coefficient (Wildman–Crippen LogP) is 3.09. The number of carbonyl (C=O) groups is 1. The first-order chi connectivity index (χ1) is 14.2. The van der Waals surface area contributed by atoms with E-state index in [-0.39, 0.29) is 5.91 Å². The summed E-state index contributed by atoms with van der Waals surface area (Å²) in [5.41, 5.74) is 1.95. The molecular weight excluding hydrogens is 368 g/mol. The number of carbonyl (C=O) groups excluding carboxylic acids is 1. The van der Waals surface area contributed by atoms with Gasteiger partial charge in [0.2, 0.25) is 0 Å². The van der Waals surface area contributed by atoms with Crippen molar-refractivity contribution in [1.82, 2.24) is 20.4 Å². The SMILES string of the molecule is COc1ccc(-c2cc(C(=O)NC[C@@H]3CCCN4CCCC[C@@H]34)[nH]n2)c(OC)c1. The Labute approximate surface area is 171 Å². The van der Waals surface area contributed by atoms with E-state index in [1.165, 1.54) is 45.2 Å². The number of aromatic nitrogens is 2. The highest BCUT2D eigenvalue weighted by Crippen LogP contribution is 2.33. The second kappa shape index (κ2) is 8.86.